The van der Waals surface area contributed by atoms with Crippen molar-refractivity contribution in [1.82, 2.24) is 15.5 Å². The first-order chi connectivity index (χ1) is 14.8. The van der Waals surface area contributed by atoms with Crippen LogP contribution in [-0.4, -0.2) is 42.4 Å². The molecule has 2 aromatic rings. The van der Waals surface area contributed by atoms with E-state index < -0.39 is 11.7 Å². The maximum absolute atomic E-state index is 12.9. The van der Waals surface area contributed by atoms with E-state index in [0.29, 0.717) is 36.4 Å². The highest BCUT2D eigenvalue weighted by atomic mass is 32.1. The van der Waals surface area contributed by atoms with Crippen LogP contribution < -0.4 is 10.6 Å². The number of nitrogens with zero attached hydrogens (tertiary/aromatic N) is 1. The summed E-state index contributed by atoms with van der Waals surface area (Å²) in [6, 6.07) is 9.08. The zero-order chi connectivity index (χ0) is 22.3. The maximum atomic E-state index is 12.9. The van der Waals surface area contributed by atoms with E-state index in [1.165, 1.54) is 23.5 Å². The molecule has 5 nitrogen and oxygen atoms in total. The summed E-state index contributed by atoms with van der Waals surface area (Å²) in [4.78, 5) is 26.7. The number of hydrogen-bond donors (Lipinski definition) is 2. The number of rotatable bonds is 8. The first-order valence-corrected chi connectivity index (χ1v) is 11.2. The summed E-state index contributed by atoms with van der Waals surface area (Å²) in [6.07, 6.45) is -1.90. The van der Waals surface area contributed by atoms with Gasteiger partial charge in [0.1, 0.15) is 0 Å². The Hall–Kier alpha value is -2.39. The fourth-order valence-electron chi connectivity index (χ4n) is 3.59. The lowest BCUT2D eigenvalue weighted by molar-refractivity contribution is -0.137. The van der Waals surface area contributed by atoms with E-state index in [9.17, 15) is 22.8 Å². The molecule has 1 aromatic carbocycles. The van der Waals surface area contributed by atoms with Crippen molar-refractivity contribution in [3.8, 4) is 0 Å². The van der Waals surface area contributed by atoms with E-state index in [2.05, 4.69) is 15.5 Å². The third kappa shape index (κ3) is 7.36. The Kier molecular flexibility index (Phi) is 8.09. The summed E-state index contributed by atoms with van der Waals surface area (Å²) in [5.41, 5.74) is 0.0145. The molecule has 1 saturated heterocycles. The third-order valence-corrected chi connectivity index (χ3v) is 6.09. The van der Waals surface area contributed by atoms with E-state index in [4.69, 9.17) is 0 Å². The minimum atomic E-state index is -4.33. The van der Waals surface area contributed by atoms with Gasteiger partial charge in [-0.25, -0.2) is 0 Å². The summed E-state index contributed by atoms with van der Waals surface area (Å²) in [5, 5.41) is 7.66. The van der Waals surface area contributed by atoms with Crippen LogP contribution in [0.15, 0.2) is 41.8 Å². The van der Waals surface area contributed by atoms with Gasteiger partial charge < -0.3 is 10.6 Å². The van der Waals surface area contributed by atoms with Gasteiger partial charge in [0.05, 0.1) is 10.4 Å². The molecule has 0 bridgehead atoms. The Labute approximate surface area is 183 Å². The zero-order valence-corrected chi connectivity index (χ0v) is 17.9. The second-order valence-electron chi connectivity index (χ2n) is 7.65. The predicted octanol–water partition coefficient (Wildman–Crippen LogP) is 4.06. The minimum Gasteiger partial charge on any atom is -0.353 e. The molecule has 0 saturated carbocycles. The summed E-state index contributed by atoms with van der Waals surface area (Å²) in [7, 11) is 0. The summed E-state index contributed by atoms with van der Waals surface area (Å²) in [6.45, 7) is 2.35. The molecule has 0 radical (unpaired) electrons. The third-order valence-electron chi connectivity index (χ3n) is 5.22. The van der Waals surface area contributed by atoms with E-state index >= 15 is 0 Å². The fraction of sp³-hybridized carbons (Fsp3) is 0.455. The summed E-state index contributed by atoms with van der Waals surface area (Å²) in [5.74, 6) is -0.162. The van der Waals surface area contributed by atoms with Gasteiger partial charge in [0.25, 0.3) is 5.91 Å². The fourth-order valence-corrected chi connectivity index (χ4v) is 4.23. The molecule has 1 aliphatic rings. The van der Waals surface area contributed by atoms with Gasteiger partial charge in [0.2, 0.25) is 5.91 Å². The molecule has 1 fully saturated rings. The second-order valence-corrected chi connectivity index (χ2v) is 8.60. The van der Waals surface area contributed by atoms with Crippen LogP contribution in [0.5, 0.6) is 0 Å². The molecule has 3 rings (SSSR count). The normalized spacial score (nSPS) is 15.6. The highest BCUT2D eigenvalue weighted by Crippen LogP contribution is 2.30. The summed E-state index contributed by atoms with van der Waals surface area (Å²) < 4.78 is 38.6. The average Bonchev–Trinajstić information content (AvgIpc) is 3.27. The molecule has 1 aliphatic heterocycles. The SMILES string of the molecule is O=C(CCCNC(=O)c1cccs1)NC1CCN(Cc2cccc(C(F)(F)F)c2)CC1. The Balaban J connectivity index is 1.32. The lowest BCUT2D eigenvalue weighted by Crippen LogP contribution is -2.44. The topological polar surface area (TPSA) is 61.4 Å². The van der Waals surface area contributed by atoms with Gasteiger partial charge in [0, 0.05) is 38.6 Å². The van der Waals surface area contributed by atoms with Gasteiger partial charge in [-0.3, -0.25) is 14.5 Å². The number of benzene rings is 1. The Morgan fingerprint density at radius 3 is 2.58 bits per heavy atom. The first kappa shape index (κ1) is 23.3. The lowest BCUT2D eigenvalue weighted by Gasteiger charge is -2.32. The molecule has 2 amide bonds. The van der Waals surface area contributed by atoms with Gasteiger partial charge in [-0.05, 0) is 42.3 Å². The van der Waals surface area contributed by atoms with Crippen molar-refractivity contribution < 1.29 is 22.8 Å². The summed E-state index contributed by atoms with van der Waals surface area (Å²) >= 11 is 1.38. The van der Waals surface area contributed by atoms with Gasteiger partial charge in [-0.2, -0.15) is 13.2 Å². The zero-order valence-electron chi connectivity index (χ0n) is 17.1. The van der Waals surface area contributed by atoms with Crippen LogP contribution in [0.1, 0.15) is 46.5 Å². The molecule has 0 atom stereocenters. The largest absolute Gasteiger partial charge is 0.416 e. The van der Waals surface area contributed by atoms with Crippen molar-refractivity contribution in [3.63, 3.8) is 0 Å². The van der Waals surface area contributed by atoms with Gasteiger partial charge in [-0.15, -0.1) is 11.3 Å². The quantitative estimate of drug-likeness (QED) is 0.593. The molecule has 0 aliphatic carbocycles. The monoisotopic (exact) mass is 453 g/mol. The number of amides is 2. The van der Waals surface area contributed by atoms with Crippen molar-refractivity contribution in [2.24, 2.45) is 0 Å². The number of carbonyl (C=O) groups is 2. The van der Waals surface area contributed by atoms with Crippen LogP contribution in [0.4, 0.5) is 13.2 Å². The number of hydrogen-bond acceptors (Lipinski definition) is 4. The van der Waals surface area contributed by atoms with Crippen molar-refractivity contribution >= 4 is 23.2 Å². The number of halogens is 3. The molecule has 9 heteroatoms. The van der Waals surface area contributed by atoms with Crippen LogP contribution in [0.3, 0.4) is 0 Å². The molecule has 168 valence electrons. The number of piperidine rings is 1. The van der Waals surface area contributed by atoms with Gasteiger partial charge in [-0.1, -0.05) is 24.3 Å². The number of likely N-dealkylation sites (tertiary alicyclic amines) is 1. The van der Waals surface area contributed by atoms with Gasteiger partial charge in [0.15, 0.2) is 0 Å². The second kappa shape index (κ2) is 10.8. The van der Waals surface area contributed by atoms with Crippen molar-refractivity contribution in [2.45, 2.75) is 44.4 Å². The Morgan fingerprint density at radius 2 is 1.90 bits per heavy atom. The number of nitrogens with one attached hydrogen (secondary N) is 2. The number of carbonyl (C=O) groups excluding carboxylic acids is 2. The first-order valence-electron chi connectivity index (χ1n) is 10.3. The van der Waals surface area contributed by atoms with Crippen LogP contribution >= 0.6 is 11.3 Å². The Morgan fingerprint density at radius 1 is 1.13 bits per heavy atom. The number of thiophene rings is 1. The average molecular weight is 454 g/mol. The van der Waals surface area contributed by atoms with E-state index in [0.717, 1.165) is 32.0 Å². The standard InChI is InChI=1S/C22H26F3N3O2S/c23-22(24,25)17-5-1-4-16(14-17)15-28-11-8-18(9-12-28)27-20(29)7-2-10-26-21(30)19-6-3-13-31-19/h1,3-6,13-14,18H,2,7-12,15H2,(H,26,30)(H,27,29). The molecule has 1 aromatic heterocycles. The number of alkyl halides is 3. The Bertz CT molecular complexity index is 863. The highest BCUT2D eigenvalue weighted by molar-refractivity contribution is 7.12. The van der Waals surface area contributed by atoms with Crippen molar-refractivity contribution in [1.29, 1.82) is 0 Å². The van der Waals surface area contributed by atoms with E-state index in [1.54, 1.807) is 12.1 Å². The molecule has 31 heavy (non-hydrogen) atoms. The lowest BCUT2D eigenvalue weighted by atomic mass is 10.0. The maximum Gasteiger partial charge on any atom is 0.416 e. The highest BCUT2D eigenvalue weighted by Gasteiger charge is 2.30. The van der Waals surface area contributed by atoms with Crippen molar-refractivity contribution in [3.05, 3.63) is 57.8 Å². The molecule has 0 unspecified atom stereocenters. The van der Waals surface area contributed by atoms with Crippen LogP contribution in [-0.2, 0) is 17.5 Å². The van der Waals surface area contributed by atoms with Crippen molar-refractivity contribution in [2.75, 3.05) is 19.6 Å². The van der Waals surface area contributed by atoms with Crippen LogP contribution in [0.2, 0.25) is 0 Å². The van der Waals surface area contributed by atoms with E-state index in [-0.39, 0.29) is 17.9 Å². The van der Waals surface area contributed by atoms with Gasteiger partial charge >= 0.3 is 6.18 Å². The molecule has 0 spiro atoms. The minimum absolute atomic E-state index is 0.0401. The predicted molar refractivity (Wildman–Crippen MR) is 114 cm³/mol. The van der Waals surface area contributed by atoms with Crippen LogP contribution in [0.25, 0.3) is 0 Å². The molecular formula is C22H26F3N3O2S. The van der Waals surface area contributed by atoms with E-state index in [1.807, 2.05) is 11.4 Å². The molecule has 2 N–H and O–H groups in total. The smallest absolute Gasteiger partial charge is 0.353 e. The molecular weight excluding hydrogens is 427 g/mol. The molecule has 2 heterocycles. The van der Waals surface area contributed by atoms with Crippen LogP contribution in [0, 0.1) is 0 Å².